The van der Waals surface area contributed by atoms with Gasteiger partial charge in [-0.25, -0.2) is 18.2 Å². The molecule has 1 aliphatic rings. The zero-order valence-corrected chi connectivity index (χ0v) is 18.3. The molecule has 2 aromatic carbocycles. The van der Waals surface area contributed by atoms with Gasteiger partial charge in [0.2, 0.25) is 0 Å². The van der Waals surface area contributed by atoms with E-state index in [9.17, 15) is 13.2 Å². The second kappa shape index (κ2) is 10.7. The zero-order valence-electron chi connectivity index (χ0n) is 17.5. The van der Waals surface area contributed by atoms with E-state index in [4.69, 9.17) is 14.3 Å². The Bertz CT molecular complexity index is 1020. The number of aromatic nitrogens is 1. The number of rotatable bonds is 5. The van der Waals surface area contributed by atoms with Crippen LogP contribution in [0.2, 0.25) is 0 Å². The number of nitrogens with zero attached hydrogens (tertiary/aromatic N) is 1. The van der Waals surface area contributed by atoms with E-state index in [-0.39, 0.29) is 29.0 Å². The van der Waals surface area contributed by atoms with Gasteiger partial charge in [-0.3, -0.25) is 5.14 Å². The first-order valence-corrected chi connectivity index (χ1v) is 11.3. The lowest BCUT2D eigenvalue weighted by Gasteiger charge is -2.14. The molecular formula is C23H25F3N2O2S. The number of ether oxygens (including phenoxy) is 1. The van der Waals surface area contributed by atoms with Crippen LogP contribution in [0.4, 0.5) is 13.2 Å². The van der Waals surface area contributed by atoms with Crippen LogP contribution in [0.5, 0.6) is 5.75 Å². The SMILES string of the molecule is CSN.Cc1ccc(F)c(-c2cccc(F)c2OCc2coc(C3CCCC3)n2)c1F. The van der Waals surface area contributed by atoms with Crippen LogP contribution in [0, 0.1) is 24.4 Å². The molecule has 1 aromatic heterocycles. The third-order valence-electron chi connectivity index (χ3n) is 5.16. The summed E-state index contributed by atoms with van der Waals surface area (Å²) in [5, 5.41) is 4.76. The topological polar surface area (TPSA) is 61.3 Å². The molecule has 0 bridgehead atoms. The Labute approximate surface area is 184 Å². The highest BCUT2D eigenvalue weighted by Crippen LogP contribution is 2.37. The van der Waals surface area contributed by atoms with Crippen LogP contribution in [0.3, 0.4) is 0 Å². The van der Waals surface area contributed by atoms with Crippen molar-refractivity contribution in [1.82, 2.24) is 4.98 Å². The first kappa shape index (κ1) is 23.2. The van der Waals surface area contributed by atoms with E-state index in [1.165, 1.54) is 49.4 Å². The molecule has 2 N–H and O–H groups in total. The lowest BCUT2D eigenvalue weighted by Crippen LogP contribution is -2.02. The highest BCUT2D eigenvalue weighted by Gasteiger charge is 2.23. The molecule has 3 aromatic rings. The van der Waals surface area contributed by atoms with Gasteiger partial charge in [0, 0.05) is 11.5 Å². The van der Waals surface area contributed by atoms with Crippen molar-refractivity contribution >= 4 is 11.9 Å². The van der Waals surface area contributed by atoms with Crippen LogP contribution >= 0.6 is 11.9 Å². The second-order valence-corrected chi connectivity index (χ2v) is 7.82. The Morgan fingerprint density at radius 1 is 1.13 bits per heavy atom. The van der Waals surface area contributed by atoms with Crippen molar-refractivity contribution < 1.29 is 22.3 Å². The van der Waals surface area contributed by atoms with Gasteiger partial charge in [-0.1, -0.05) is 43.0 Å². The van der Waals surface area contributed by atoms with Crippen molar-refractivity contribution in [2.75, 3.05) is 6.26 Å². The van der Waals surface area contributed by atoms with Crippen LogP contribution in [0.1, 0.15) is 48.7 Å². The molecule has 0 spiro atoms. The van der Waals surface area contributed by atoms with Crippen molar-refractivity contribution in [2.45, 2.75) is 45.1 Å². The smallest absolute Gasteiger partial charge is 0.197 e. The molecule has 1 heterocycles. The highest BCUT2D eigenvalue weighted by atomic mass is 32.2. The van der Waals surface area contributed by atoms with E-state index in [1.54, 1.807) is 0 Å². The molecule has 0 atom stereocenters. The monoisotopic (exact) mass is 450 g/mol. The standard InChI is InChI=1S/C22H20F3NO2.CH5NS/c1-13-9-10-17(23)19(20(13)25)16-7-4-8-18(24)21(16)27-11-15-12-28-22(26-15)14-5-2-3-6-14;1-3-2/h4,7-10,12,14H,2-3,5-6,11H2,1H3;2H2,1H3. The quantitative estimate of drug-likeness (QED) is 0.448. The number of benzene rings is 2. The molecule has 31 heavy (non-hydrogen) atoms. The van der Waals surface area contributed by atoms with Crippen LogP contribution in [0.25, 0.3) is 11.1 Å². The van der Waals surface area contributed by atoms with E-state index in [2.05, 4.69) is 4.98 Å². The summed E-state index contributed by atoms with van der Waals surface area (Å²) in [4.78, 5) is 4.43. The molecule has 0 unspecified atom stereocenters. The van der Waals surface area contributed by atoms with Gasteiger partial charge >= 0.3 is 0 Å². The average molecular weight is 451 g/mol. The molecule has 4 rings (SSSR count). The zero-order chi connectivity index (χ0) is 22.4. The van der Waals surface area contributed by atoms with Crippen molar-refractivity contribution in [3.8, 4) is 16.9 Å². The van der Waals surface area contributed by atoms with Crippen LogP contribution in [-0.2, 0) is 6.61 Å². The van der Waals surface area contributed by atoms with Crippen molar-refractivity contribution in [3.63, 3.8) is 0 Å². The van der Waals surface area contributed by atoms with Gasteiger partial charge in [-0.15, -0.1) is 0 Å². The summed E-state index contributed by atoms with van der Waals surface area (Å²) in [5.41, 5.74) is 0.505. The molecule has 8 heteroatoms. The predicted octanol–water partition coefficient (Wildman–Crippen LogP) is 6.53. The first-order valence-electron chi connectivity index (χ1n) is 9.99. The number of nitrogens with two attached hydrogens (primary N) is 1. The van der Waals surface area contributed by atoms with E-state index < -0.39 is 17.5 Å². The molecule has 1 fully saturated rings. The minimum absolute atomic E-state index is 0.0261. The number of oxazole rings is 1. The Kier molecular flexibility index (Phi) is 8.03. The van der Waals surface area contributed by atoms with E-state index >= 15 is 0 Å². The number of halogens is 3. The van der Waals surface area contributed by atoms with Gasteiger partial charge in [-0.05, 0) is 43.7 Å². The van der Waals surface area contributed by atoms with E-state index in [0.717, 1.165) is 31.7 Å². The molecular weight excluding hydrogens is 425 g/mol. The molecule has 166 valence electrons. The molecule has 0 radical (unpaired) electrons. The maximum atomic E-state index is 14.6. The number of aryl methyl sites for hydroxylation is 1. The van der Waals surface area contributed by atoms with Crippen molar-refractivity contribution in [2.24, 2.45) is 5.14 Å². The minimum Gasteiger partial charge on any atom is -0.483 e. The summed E-state index contributed by atoms with van der Waals surface area (Å²) in [6.07, 6.45) is 7.71. The average Bonchev–Trinajstić information content (AvgIpc) is 3.43. The van der Waals surface area contributed by atoms with Crippen LogP contribution < -0.4 is 9.88 Å². The maximum absolute atomic E-state index is 14.6. The van der Waals surface area contributed by atoms with Gasteiger partial charge < -0.3 is 9.15 Å². The maximum Gasteiger partial charge on any atom is 0.197 e. The summed E-state index contributed by atoms with van der Waals surface area (Å²) in [5.74, 6) is -1.44. The summed E-state index contributed by atoms with van der Waals surface area (Å²) >= 11 is 1.25. The molecule has 0 aliphatic heterocycles. The number of hydrogen-bond donors (Lipinski definition) is 1. The largest absolute Gasteiger partial charge is 0.483 e. The van der Waals surface area contributed by atoms with Gasteiger partial charge in [0.25, 0.3) is 0 Å². The third kappa shape index (κ3) is 5.43. The fraction of sp³-hybridized carbons (Fsp3) is 0.348. The lowest BCUT2D eigenvalue weighted by atomic mass is 10.0. The molecule has 0 saturated heterocycles. The summed E-state index contributed by atoms with van der Waals surface area (Å²) in [7, 11) is 0. The van der Waals surface area contributed by atoms with Crippen molar-refractivity contribution in [1.29, 1.82) is 0 Å². The summed E-state index contributed by atoms with van der Waals surface area (Å²) < 4.78 is 54.4. The normalized spacial score (nSPS) is 13.7. The van der Waals surface area contributed by atoms with Crippen molar-refractivity contribution in [3.05, 3.63) is 71.2 Å². The Hall–Kier alpha value is -2.45. The Balaban J connectivity index is 0.000000858. The molecule has 0 amide bonds. The molecule has 4 nitrogen and oxygen atoms in total. The first-order chi connectivity index (χ1) is 15.0. The molecule has 1 saturated carbocycles. The third-order valence-corrected chi connectivity index (χ3v) is 5.16. The van der Waals surface area contributed by atoms with Crippen LogP contribution in [-0.4, -0.2) is 11.2 Å². The Morgan fingerprint density at radius 3 is 2.55 bits per heavy atom. The van der Waals surface area contributed by atoms with Gasteiger partial charge in [0.15, 0.2) is 17.5 Å². The summed E-state index contributed by atoms with van der Waals surface area (Å²) in [6.45, 7) is 1.47. The van der Waals surface area contributed by atoms with E-state index in [1.807, 2.05) is 6.26 Å². The minimum atomic E-state index is -0.775. The number of para-hydroxylation sites is 1. The van der Waals surface area contributed by atoms with Gasteiger partial charge in [0.1, 0.15) is 30.2 Å². The highest BCUT2D eigenvalue weighted by molar-refractivity contribution is 7.96. The number of hydrogen-bond acceptors (Lipinski definition) is 5. The fourth-order valence-corrected chi connectivity index (χ4v) is 3.65. The lowest BCUT2D eigenvalue weighted by molar-refractivity contribution is 0.287. The fourth-order valence-electron chi connectivity index (χ4n) is 3.65. The van der Waals surface area contributed by atoms with Gasteiger partial charge in [0.05, 0.1) is 5.56 Å². The van der Waals surface area contributed by atoms with Crippen LogP contribution in [0.15, 0.2) is 41.0 Å². The Morgan fingerprint density at radius 2 is 1.84 bits per heavy atom. The van der Waals surface area contributed by atoms with Gasteiger partial charge in [-0.2, -0.15) is 0 Å². The molecule has 1 aliphatic carbocycles. The van der Waals surface area contributed by atoms with E-state index in [0.29, 0.717) is 17.5 Å². The summed E-state index contributed by atoms with van der Waals surface area (Å²) in [6, 6.07) is 6.53. The predicted molar refractivity (Wildman–Crippen MR) is 116 cm³/mol. The second-order valence-electron chi connectivity index (χ2n) is 7.35.